The van der Waals surface area contributed by atoms with Crippen LogP contribution >= 0.6 is 0 Å². The van der Waals surface area contributed by atoms with E-state index >= 15 is 0 Å². The van der Waals surface area contributed by atoms with Crippen molar-refractivity contribution in [2.75, 3.05) is 5.32 Å². The summed E-state index contributed by atoms with van der Waals surface area (Å²) in [5, 5.41) is 14.0. The van der Waals surface area contributed by atoms with Crippen molar-refractivity contribution >= 4 is 22.8 Å². The number of rotatable bonds is 5. The summed E-state index contributed by atoms with van der Waals surface area (Å²) in [7, 11) is 0. The van der Waals surface area contributed by atoms with Gasteiger partial charge in [-0.3, -0.25) is 10.1 Å². The zero-order valence-electron chi connectivity index (χ0n) is 11.3. The maximum absolute atomic E-state index is 11.0. The van der Waals surface area contributed by atoms with E-state index < -0.39 is 4.92 Å². The summed E-state index contributed by atoms with van der Waals surface area (Å²) in [6.07, 6.45) is 5.28. The highest BCUT2D eigenvalue weighted by Gasteiger charge is 2.18. The zero-order chi connectivity index (χ0) is 14.8. The second kappa shape index (κ2) is 5.23. The van der Waals surface area contributed by atoms with Crippen LogP contribution in [0.5, 0.6) is 0 Å². The highest BCUT2D eigenvalue weighted by molar-refractivity contribution is 5.84. The number of fused-ring (bicyclic) bond motifs is 1. The number of para-hydroxylation sites is 1. The minimum absolute atomic E-state index is 0.0336. The lowest BCUT2D eigenvalue weighted by Gasteiger charge is -2.12. The van der Waals surface area contributed by atoms with Crippen molar-refractivity contribution in [1.29, 1.82) is 0 Å². The molecule has 21 heavy (non-hydrogen) atoms. The van der Waals surface area contributed by atoms with Gasteiger partial charge in [0.25, 0.3) is 11.7 Å². The summed E-state index contributed by atoms with van der Waals surface area (Å²) in [5.41, 5.74) is 0.577. The fraction of sp³-hybridized carbons (Fsp3) is 0.231. The van der Waals surface area contributed by atoms with Gasteiger partial charge in [0, 0.05) is 31.0 Å². The summed E-state index contributed by atoms with van der Waals surface area (Å²) < 4.78 is 7.42. The van der Waals surface area contributed by atoms with Crippen molar-refractivity contribution in [3.05, 3.63) is 47.0 Å². The average molecular weight is 287 g/mol. The van der Waals surface area contributed by atoms with Gasteiger partial charge in [-0.25, -0.2) is 4.98 Å². The fourth-order valence-corrected chi connectivity index (χ4v) is 2.11. The minimum atomic E-state index is -0.469. The Labute approximate surface area is 119 Å². The number of hydrogen-bond acceptors (Lipinski definition) is 6. The van der Waals surface area contributed by atoms with Gasteiger partial charge in [0.1, 0.15) is 0 Å². The van der Waals surface area contributed by atoms with E-state index in [1.54, 1.807) is 24.7 Å². The molecule has 108 valence electrons. The molecule has 0 saturated carbocycles. The van der Waals surface area contributed by atoms with E-state index in [-0.39, 0.29) is 23.3 Å². The van der Waals surface area contributed by atoms with Crippen molar-refractivity contribution in [3.8, 4) is 0 Å². The van der Waals surface area contributed by atoms with Gasteiger partial charge in [-0.15, -0.1) is 0 Å². The van der Waals surface area contributed by atoms with Crippen LogP contribution in [-0.2, 0) is 6.54 Å². The molecule has 0 fully saturated rings. The highest BCUT2D eigenvalue weighted by atomic mass is 16.6. The molecular formula is C13H13N5O3. The molecule has 0 amide bonds. The summed E-state index contributed by atoms with van der Waals surface area (Å²) in [5.74, 6) is 0. The number of nitro groups is 1. The van der Waals surface area contributed by atoms with Crippen molar-refractivity contribution < 1.29 is 9.34 Å². The quantitative estimate of drug-likeness (QED) is 0.571. The molecule has 2 aromatic heterocycles. The lowest BCUT2D eigenvalue weighted by Crippen LogP contribution is -2.21. The number of nitrogens with one attached hydrogen (secondary N) is 1. The van der Waals surface area contributed by atoms with Crippen LogP contribution < -0.4 is 5.32 Å². The predicted octanol–water partition coefficient (Wildman–Crippen LogP) is 2.43. The lowest BCUT2D eigenvalue weighted by molar-refractivity contribution is -0.383. The van der Waals surface area contributed by atoms with Crippen LogP contribution in [0, 0.1) is 10.1 Å². The van der Waals surface area contributed by atoms with Gasteiger partial charge in [-0.2, -0.15) is 4.98 Å². The first-order valence-electron chi connectivity index (χ1n) is 6.39. The molecule has 0 spiro atoms. The number of non-ortho nitro benzene ring substituents is 1. The van der Waals surface area contributed by atoms with E-state index in [0.717, 1.165) is 0 Å². The van der Waals surface area contributed by atoms with E-state index in [4.69, 9.17) is 4.42 Å². The Morgan fingerprint density at radius 1 is 1.52 bits per heavy atom. The van der Waals surface area contributed by atoms with E-state index in [0.29, 0.717) is 12.1 Å². The molecule has 0 aliphatic carbocycles. The second-order valence-electron chi connectivity index (χ2n) is 4.70. The Bertz CT molecular complexity index is 765. The Morgan fingerprint density at radius 2 is 2.38 bits per heavy atom. The lowest BCUT2D eigenvalue weighted by atomic mass is 10.3. The first kappa shape index (κ1) is 13.1. The summed E-state index contributed by atoms with van der Waals surface area (Å²) >= 11 is 0. The van der Waals surface area contributed by atoms with Gasteiger partial charge in [-0.1, -0.05) is 6.07 Å². The van der Waals surface area contributed by atoms with E-state index in [9.17, 15) is 10.1 Å². The Kier molecular flexibility index (Phi) is 3.27. The summed E-state index contributed by atoms with van der Waals surface area (Å²) in [4.78, 5) is 18.6. The van der Waals surface area contributed by atoms with Crippen molar-refractivity contribution in [2.45, 2.75) is 19.5 Å². The molecule has 8 nitrogen and oxygen atoms in total. The van der Waals surface area contributed by atoms with Crippen LogP contribution in [0.4, 0.5) is 11.7 Å². The number of anilines is 1. The number of oxazole rings is 1. The van der Waals surface area contributed by atoms with Gasteiger partial charge in [-0.05, 0) is 13.0 Å². The second-order valence-corrected chi connectivity index (χ2v) is 4.70. The Hall–Kier alpha value is -2.90. The first-order chi connectivity index (χ1) is 10.1. The zero-order valence-corrected chi connectivity index (χ0v) is 11.3. The molecule has 1 aromatic carbocycles. The van der Waals surface area contributed by atoms with E-state index in [2.05, 4.69) is 15.3 Å². The topological polar surface area (TPSA) is 99.0 Å². The molecule has 1 atom stereocenters. The predicted molar refractivity (Wildman–Crippen MR) is 76.0 cm³/mol. The third kappa shape index (κ3) is 2.69. The molecule has 3 aromatic rings. The monoisotopic (exact) mass is 287 g/mol. The normalized spacial score (nSPS) is 12.4. The molecule has 1 unspecified atom stereocenters. The molecule has 0 saturated heterocycles. The SMILES string of the molecule is CC(Cn1ccnc1)Nc1nc2c([N+](=O)[O-])cccc2o1. The number of hydrogen-bond donors (Lipinski definition) is 1. The number of nitro benzene ring substituents is 1. The molecule has 0 radical (unpaired) electrons. The summed E-state index contributed by atoms with van der Waals surface area (Å²) in [6, 6.07) is 4.94. The van der Waals surface area contributed by atoms with Crippen molar-refractivity contribution in [2.24, 2.45) is 0 Å². The van der Waals surface area contributed by atoms with E-state index in [1.165, 1.54) is 6.07 Å². The minimum Gasteiger partial charge on any atom is -0.423 e. The third-order valence-electron chi connectivity index (χ3n) is 3.01. The Balaban J connectivity index is 1.81. The molecular weight excluding hydrogens is 274 g/mol. The van der Waals surface area contributed by atoms with Gasteiger partial charge in [0.05, 0.1) is 11.3 Å². The molecule has 0 aliphatic heterocycles. The molecule has 3 rings (SSSR count). The van der Waals surface area contributed by atoms with Crippen molar-refractivity contribution in [3.63, 3.8) is 0 Å². The fourth-order valence-electron chi connectivity index (χ4n) is 2.11. The third-order valence-corrected chi connectivity index (χ3v) is 3.01. The average Bonchev–Trinajstić information content (AvgIpc) is 3.06. The Morgan fingerprint density at radius 3 is 3.10 bits per heavy atom. The number of benzene rings is 1. The van der Waals surface area contributed by atoms with Gasteiger partial charge in [0.15, 0.2) is 11.1 Å². The smallest absolute Gasteiger partial charge is 0.298 e. The molecule has 8 heteroatoms. The van der Waals surface area contributed by atoms with Crippen LogP contribution in [-0.4, -0.2) is 25.5 Å². The van der Waals surface area contributed by atoms with Crippen LogP contribution in [0.1, 0.15) is 6.92 Å². The molecule has 0 aliphatic rings. The number of nitrogens with zero attached hydrogens (tertiary/aromatic N) is 4. The van der Waals surface area contributed by atoms with Crippen molar-refractivity contribution in [1.82, 2.24) is 14.5 Å². The van der Waals surface area contributed by atoms with Crippen LogP contribution in [0.25, 0.3) is 11.1 Å². The van der Waals surface area contributed by atoms with Crippen LogP contribution in [0.15, 0.2) is 41.3 Å². The maximum atomic E-state index is 11.0. The molecule has 0 bridgehead atoms. The maximum Gasteiger partial charge on any atom is 0.298 e. The standard InChI is InChI=1S/C13H13N5O3/c1-9(7-17-6-5-14-8-17)15-13-16-12-10(18(19)20)3-2-4-11(12)21-13/h2-6,8-9H,7H2,1H3,(H,15,16). The summed E-state index contributed by atoms with van der Waals surface area (Å²) in [6.45, 7) is 2.64. The van der Waals surface area contributed by atoms with Gasteiger partial charge >= 0.3 is 0 Å². The van der Waals surface area contributed by atoms with Gasteiger partial charge in [0.2, 0.25) is 0 Å². The number of aromatic nitrogens is 3. The first-order valence-corrected chi connectivity index (χ1v) is 6.39. The largest absolute Gasteiger partial charge is 0.423 e. The van der Waals surface area contributed by atoms with E-state index in [1.807, 2.05) is 17.7 Å². The molecule has 1 N–H and O–H groups in total. The van der Waals surface area contributed by atoms with Crippen LogP contribution in [0.3, 0.4) is 0 Å². The highest BCUT2D eigenvalue weighted by Crippen LogP contribution is 2.27. The van der Waals surface area contributed by atoms with Crippen LogP contribution in [0.2, 0.25) is 0 Å². The van der Waals surface area contributed by atoms with Gasteiger partial charge < -0.3 is 14.3 Å². The number of imidazole rings is 1. The molecule has 2 heterocycles.